The lowest BCUT2D eigenvalue weighted by atomic mass is 10.1. The third-order valence-corrected chi connectivity index (χ3v) is 5.13. The molecule has 2 aromatic carbocycles. The summed E-state index contributed by atoms with van der Waals surface area (Å²) in [7, 11) is 0. The molecule has 2 rings (SSSR count). The van der Waals surface area contributed by atoms with Gasteiger partial charge >= 0.3 is 11.9 Å². The molecule has 0 aliphatic heterocycles. The molecule has 0 bridgehead atoms. The summed E-state index contributed by atoms with van der Waals surface area (Å²) in [4.78, 5) is 21.9. The Morgan fingerprint density at radius 3 is 1.64 bits per heavy atom. The maximum absolute atomic E-state index is 10.9. The second-order valence-electron chi connectivity index (χ2n) is 7.98. The number of hydrogen-bond donors (Lipinski definition) is 0. The van der Waals surface area contributed by atoms with E-state index in [1.807, 2.05) is 37.3 Å². The van der Waals surface area contributed by atoms with Crippen molar-refractivity contribution < 1.29 is 47.5 Å². The molecule has 0 fully saturated rings. The van der Waals surface area contributed by atoms with Crippen LogP contribution in [0.5, 0.6) is 11.5 Å². The minimum Gasteiger partial charge on any atom is -0.491 e. The summed E-state index contributed by atoms with van der Waals surface area (Å²) in [6.07, 6.45) is 2.22. The van der Waals surface area contributed by atoms with Crippen molar-refractivity contribution in [2.24, 2.45) is 0 Å². The van der Waals surface area contributed by atoms with Gasteiger partial charge in [-0.3, -0.25) is 0 Å². The Morgan fingerprint density at radius 1 is 0.641 bits per heavy atom. The molecule has 0 atom stereocenters. The standard InChI is InChI=1S/C29H38O10/c1-4-27(30)37-19-15-33-11-10-32-14-18-36-25-9-8-24-7-6-23(3)29(26(24)22-25)39-21-17-35-13-12-34-16-20-38-28(31)5-2/h4-9,22H,1-2,10-21H2,3H3. The van der Waals surface area contributed by atoms with E-state index in [1.165, 1.54) is 0 Å². The van der Waals surface area contributed by atoms with E-state index in [1.54, 1.807) is 0 Å². The fourth-order valence-electron chi connectivity index (χ4n) is 3.25. The number of carbonyl (C=O) groups excluding carboxylic acids is 2. The van der Waals surface area contributed by atoms with E-state index in [9.17, 15) is 9.59 Å². The van der Waals surface area contributed by atoms with Crippen molar-refractivity contribution in [2.75, 3.05) is 79.3 Å². The smallest absolute Gasteiger partial charge is 0.330 e. The molecule has 10 heteroatoms. The molecule has 39 heavy (non-hydrogen) atoms. The topological polar surface area (TPSA) is 108 Å². The molecule has 0 saturated heterocycles. The molecule has 0 heterocycles. The number of carbonyl (C=O) groups is 2. The third-order valence-electron chi connectivity index (χ3n) is 5.13. The number of fused-ring (bicyclic) bond motifs is 1. The molecule has 0 unspecified atom stereocenters. The maximum atomic E-state index is 10.9. The van der Waals surface area contributed by atoms with Crippen molar-refractivity contribution in [1.29, 1.82) is 0 Å². The highest BCUT2D eigenvalue weighted by atomic mass is 16.6. The normalized spacial score (nSPS) is 10.7. The van der Waals surface area contributed by atoms with Crippen molar-refractivity contribution in [3.63, 3.8) is 0 Å². The first-order chi connectivity index (χ1) is 19.0. The van der Waals surface area contributed by atoms with Crippen LogP contribution in [0, 0.1) is 6.92 Å². The van der Waals surface area contributed by atoms with Crippen LogP contribution in [0.25, 0.3) is 10.8 Å². The summed E-state index contributed by atoms with van der Waals surface area (Å²) in [5.41, 5.74) is 1.01. The van der Waals surface area contributed by atoms with Gasteiger partial charge in [-0.2, -0.15) is 0 Å². The highest BCUT2D eigenvalue weighted by Gasteiger charge is 2.08. The van der Waals surface area contributed by atoms with E-state index in [-0.39, 0.29) is 13.2 Å². The second kappa shape index (κ2) is 19.6. The molecule has 0 aromatic heterocycles. The van der Waals surface area contributed by atoms with Crippen LogP contribution in [0.1, 0.15) is 5.56 Å². The molecule has 10 nitrogen and oxygen atoms in total. The fourth-order valence-corrected chi connectivity index (χ4v) is 3.25. The summed E-state index contributed by atoms with van der Waals surface area (Å²) in [6, 6.07) is 9.93. The number of benzene rings is 2. The van der Waals surface area contributed by atoms with Crippen molar-refractivity contribution in [1.82, 2.24) is 0 Å². The van der Waals surface area contributed by atoms with Crippen LogP contribution in [0.15, 0.2) is 55.6 Å². The van der Waals surface area contributed by atoms with Gasteiger partial charge in [0.15, 0.2) is 0 Å². The van der Waals surface area contributed by atoms with Gasteiger partial charge in [-0.15, -0.1) is 0 Å². The zero-order valence-corrected chi connectivity index (χ0v) is 22.5. The lowest BCUT2D eigenvalue weighted by Crippen LogP contribution is -2.14. The lowest BCUT2D eigenvalue weighted by Gasteiger charge is -2.14. The molecule has 0 radical (unpaired) electrons. The average Bonchev–Trinajstić information content (AvgIpc) is 2.95. The zero-order chi connectivity index (χ0) is 28.1. The van der Waals surface area contributed by atoms with Gasteiger partial charge in [-0.05, 0) is 30.0 Å². The predicted molar refractivity (Wildman–Crippen MR) is 145 cm³/mol. The Balaban J connectivity index is 1.65. The van der Waals surface area contributed by atoms with E-state index in [0.717, 1.165) is 34.2 Å². The van der Waals surface area contributed by atoms with Gasteiger partial charge < -0.3 is 37.9 Å². The number of aryl methyl sites for hydroxylation is 1. The SMILES string of the molecule is C=CC(=O)OCCOCCOCCOc1ccc2ccc(C)c(OCCOCCOCCOC(=O)C=C)c2c1. The van der Waals surface area contributed by atoms with Gasteiger partial charge in [0.25, 0.3) is 0 Å². The van der Waals surface area contributed by atoms with Crippen LogP contribution in [-0.4, -0.2) is 91.2 Å². The Hall–Kier alpha value is -3.44. The summed E-state index contributed by atoms with van der Waals surface area (Å²) < 4.78 is 43.3. The van der Waals surface area contributed by atoms with Crippen molar-refractivity contribution in [3.8, 4) is 11.5 Å². The largest absolute Gasteiger partial charge is 0.491 e. The van der Waals surface area contributed by atoms with Crippen LogP contribution < -0.4 is 9.47 Å². The van der Waals surface area contributed by atoms with Crippen LogP contribution in [-0.2, 0) is 38.0 Å². The molecule has 0 N–H and O–H groups in total. The molecular weight excluding hydrogens is 508 g/mol. The van der Waals surface area contributed by atoms with Crippen LogP contribution in [0.2, 0.25) is 0 Å². The van der Waals surface area contributed by atoms with Gasteiger partial charge in [0.05, 0.1) is 52.9 Å². The van der Waals surface area contributed by atoms with Gasteiger partial charge in [-0.25, -0.2) is 9.59 Å². The fraction of sp³-hybridized carbons (Fsp3) is 0.448. The molecule has 0 amide bonds. The number of ether oxygens (including phenoxy) is 8. The first kappa shape index (κ1) is 31.8. The molecule has 2 aromatic rings. The minimum absolute atomic E-state index is 0.181. The predicted octanol–water partition coefficient (Wildman–Crippen LogP) is 3.43. The zero-order valence-electron chi connectivity index (χ0n) is 22.5. The van der Waals surface area contributed by atoms with E-state index in [4.69, 9.17) is 37.9 Å². The highest BCUT2D eigenvalue weighted by molar-refractivity contribution is 5.90. The number of rotatable bonds is 22. The molecular formula is C29H38O10. The van der Waals surface area contributed by atoms with Gasteiger partial charge in [0.2, 0.25) is 0 Å². The van der Waals surface area contributed by atoms with E-state index < -0.39 is 11.9 Å². The minimum atomic E-state index is -0.468. The maximum Gasteiger partial charge on any atom is 0.330 e. The summed E-state index contributed by atoms with van der Waals surface area (Å²) in [6.45, 7) is 12.8. The molecule has 0 saturated carbocycles. The highest BCUT2D eigenvalue weighted by Crippen LogP contribution is 2.32. The lowest BCUT2D eigenvalue weighted by molar-refractivity contribution is -0.140. The Labute approximate surface area is 229 Å². The van der Waals surface area contributed by atoms with E-state index in [0.29, 0.717) is 71.8 Å². The first-order valence-electron chi connectivity index (χ1n) is 12.7. The van der Waals surface area contributed by atoms with Crippen molar-refractivity contribution in [3.05, 3.63) is 61.2 Å². The Morgan fingerprint density at radius 2 is 1.10 bits per heavy atom. The van der Waals surface area contributed by atoms with E-state index in [2.05, 4.69) is 13.2 Å². The molecule has 214 valence electrons. The average molecular weight is 547 g/mol. The third kappa shape index (κ3) is 13.3. The van der Waals surface area contributed by atoms with E-state index >= 15 is 0 Å². The van der Waals surface area contributed by atoms with Crippen LogP contribution in [0.4, 0.5) is 0 Å². The molecule has 0 aliphatic carbocycles. The summed E-state index contributed by atoms with van der Waals surface area (Å²) in [5.74, 6) is 0.566. The van der Waals surface area contributed by atoms with Gasteiger partial charge in [0, 0.05) is 17.5 Å². The molecule has 0 spiro atoms. The van der Waals surface area contributed by atoms with Gasteiger partial charge in [0.1, 0.15) is 37.9 Å². The van der Waals surface area contributed by atoms with Crippen molar-refractivity contribution >= 4 is 22.7 Å². The van der Waals surface area contributed by atoms with Gasteiger partial charge in [-0.1, -0.05) is 31.4 Å². The summed E-state index contributed by atoms with van der Waals surface area (Å²) >= 11 is 0. The Kier molecular flexibility index (Phi) is 16.0. The number of esters is 2. The van der Waals surface area contributed by atoms with Crippen LogP contribution in [0.3, 0.4) is 0 Å². The first-order valence-corrected chi connectivity index (χ1v) is 12.7. The quantitative estimate of drug-likeness (QED) is 0.124. The van der Waals surface area contributed by atoms with Crippen LogP contribution >= 0.6 is 0 Å². The van der Waals surface area contributed by atoms with Crippen molar-refractivity contribution in [2.45, 2.75) is 6.92 Å². The summed E-state index contributed by atoms with van der Waals surface area (Å²) in [5, 5.41) is 2.00. The molecule has 0 aliphatic rings. The Bertz CT molecular complexity index is 1040. The second-order valence-corrected chi connectivity index (χ2v) is 7.98. The monoisotopic (exact) mass is 546 g/mol. The number of hydrogen-bond acceptors (Lipinski definition) is 10.